The highest BCUT2D eigenvalue weighted by Gasteiger charge is 2.25. The van der Waals surface area contributed by atoms with Crippen molar-refractivity contribution in [2.24, 2.45) is 0 Å². The van der Waals surface area contributed by atoms with E-state index in [0.717, 1.165) is 44.8 Å². The fourth-order valence-corrected chi connectivity index (χ4v) is 4.46. The van der Waals surface area contributed by atoms with E-state index in [9.17, 15) is 14.3 Å². The van der Waals surface area contributed by atoms with Crippen LogP contribution in [0.1, 0.15) is 54.9 Å². The predicted molar refractivity (Wildman–Crippen MR) is 133 cm³/mol. The molecule has 1 saturated heterocycles. The van der Waals surface area contributed by atoms with Gasteiger partial charge in [-0.3, -0.25) is 4.79 Å². The fourth-order valence-electron chi connectivity index (χ4n) is 4.46. The van der Waals surface area contributed by atoms with Crippen molar-refractivity contribution < 1.29 is 19.0 Å². The number of cyclic esters (lactones) is 1. The highest BCUT2D eigenvalue weighted by Crippen LogP contribution is 2.35. The van der Waals surface area contributed by atoms with Crippen LogP contribution in [-0.2, 0) is 9.53 Å². The van der Waals surface area contributed by atoms with Gasteiger partial charge in [-0.05, 0) is 73.9 Å². The summed E-state index contributed by atoms with van der Waals surface area (Å²) in [5, 5.41) is 9.97. The summed E-state index contributed by atoms with van der Waals surface area (Å²) < 4.78 is 19.1. The molecule has 0 radical (unpaired) electrons. The molecule has 1 aromatic heterocycles. The lowest BCUT2D eigenvalue weighted by Crippen LogP contribution is -2.31. The summed E-state index contributed by atoms with van der Waals surface area (Å²) in [5.41, 5.74) is 7.72. The lowest BCUT2D eigenvalue weighted by atomic mass is 9.90. The van der Waals surface area contributed by atoms with Gasteiger partial charge < -0.3 is 9.84 Å². The molecule has 0 aliphatic carbocycles. The summed E-state index contributed by atoms with van der Waals surface area (Å²) in [4.78, 5) is 16.8. The van der Waals surface area contributed by atoms with E-state index in [0.29, 0.717) is 6.42 Å². The van der Waals surface area contributed by atoms with E-state index in [4.69, 9.17) is 9.72 Å². The molecule has 5 heteroatoms. The summed E-state index contributed by atoms with van der Waals surface area (Å²) in [6.45, 7) is 8.38. The average molecular weight is 460 g/mol. The van der Waals surface area contributed by atoms with E-state index in [1.54, 1.807) is 12.1 Å². The minimum Gasteiger partial charge on any atom is -0.458 e. The third-order valence-corrected chi connectivity index (χ3v) is 6.01. The van der Waals surface area contributed by atoms with Gasteiger partial charge in [0.2, 0.25) is 0 Å². The van der Waals surface area contributed by atoms with Gasteiger partial charge in [0, 0.05) is 23.1 Å². The maximum Gasteiger partial charge on any atom is 0.309 e. The molecule has 4 rings (SSSR count). The molecule has 0 unspecified atom stereocenters. The molecule has 0 bridgehead atoms. The molecule has 0 spiro atoms. The van der Waals surface area contributed by atoms with Crippen LogP contribution >= 0.6 is 0 Å². The molecule has 0 amide bonds. The molecule has 2 atom stereocenters. The standard InChI is InChI=1S/C29H30FNO3/c1-17(2)26-16-27(21-12-18(3)11-19(4)13-21)31-29(20-5-7-22(30)8-6-20)25(26)10-9-24-14-23(32)15-28(33)34-24/h5-13,16-17,23-24,32H,14-15H2,1-4H3/b10-9+/t23-,24-/m1/s1. The number of carbonyl (C=O) groups excluding carboxylic acids is 1. The number of aliphatic hydroxyl groups is 1. The van der Waals surface area contributed by atoms with Crippen molar-refractivity contribution in [2.45, 2.75) is 58.7 Å². The number of rotatable bonds is 5. The highest BCUT2D eigenvalue weighted by atomic mass is 19.1. The number of aromatic nitrogens is 1. The van der Waals surface area contributed by atoms with Crippen molar-refractivity contribution in [2.75, 3.05) is 0 Å². The minimum absolute atomic E-state index is 0.0224. The predicted octanol–water partition coefficient (Wildman–Crippen LogP) is 6.37. The Morgan fingerprint density at radius 3 is 2.35 bits per heavy atom. The van der Waals surface area contributed by atoms with Crippen molar-refractivity contribution in [1.29, 1.82) is 0 Å². The van der Waals surface area contributed by atoms with Gasteiger partial charge in [0.15, 0.2) is 0 Å². The lowest BCUT2D eigenvalue weighted by Gasteiger charge is -2.24. The van der Waals surface area contributed by atoms with Crippen molar-refractivity contribution in [3.05, 3.63) is 82.7 Å². The van der Waals surface area contributed by atoms with Crippen LogP contribution in [-0.4, -0.2) is 28.3 Å². The first-order valence-corrected chi connectivity index (χ1v) is 11.6. The summed E-state index contributed by atoms with van der Waals surface area (Å²) >= 11 is 0. The maximum atomic E-state index is 13.7. The van der Waals surface area contributed by atoms with Gasteiger partial charge in [0.05, 0.1) is 23.9 Å². The molecule has 1 aliphatic rings. The quantitative estimate of drug-likeness (QED) is 0.450. The smallest absolute Gasteiger partial charge is 0.309 e. The maximum absolute atomic E-state index is 13.7. The fraction of sp³-hybridized carbons (Fsp3) is 0.310. The molecule has 4 nitrogen and oxygen atoms in total. The van der Waals surface area contributed by atoms with Crippen LogP contribution < -0.4 is 0 Å². The number of nitrogens with zero attached hydrogens (tertiary/aromatic N) is 1. The highest BCUT2D eigenvalue weighted by molar-refractivity contribution is 5.79. The molecule has 3 aromatic rings. The summed E-state index contributed by atoms with van der Waals surface area (Å²) in [6.07, 6.45) is 2.90. The van der Waals surface area contributed by atoms with Gasteiger partial charge in [0.1, 0.15) is 11.9 Å². The number of esters is 1. The van der Waals surface area contributed by atoms with E-state index in [1.807, 2.05) is 12.2 Å². The van der Waals surface area contributed by atoms with Gasteiger partial charge in [-0.2, -0.15) is 0 Å². The topological polar surface area (TPSA) is 59.4 Å². The summed E-state index contributed by atoms with van der Waals surface area (Å²) in [6, 6.07) is 14.8. The van der Waals surface area contributed by atoms with E-state index < -0.39 is 18.2 Å². The Morgan fingerprint density at radius 1 is 1.06 bits per heavy atom. The van der Waals surface area contributed by atoms with Crippen LogP contribution in [0.3, 0.4) is 0 Å². The number of carbonyl (C=O) groups is 1. The van der Waals surface area contributed by atoms with Crippen LogP contribution in [0, 0.1) is 19.7 Å². The van der Waals surface area contributed by atoms with Gasteiger partial charge in [0.25, 0.3) is 0 Å². The van der Waals surface area contributed by atoms with E-state index >= 15 is 0 Å². The van der Waals surface area contributed by atoms with Gasteiger partial charge in [-0.15, -0.1) is 0 Å². The number of hydrogen-bond donors (Lipinski definition) is 1. The Labute approximate surface area is 200 Å². The molecule has 176 valence electrons. The molecule has 2 heterocycles. The third-order valence-electron chi connectivity index (χ3n) is 6.01. The number of benzene rings is 2. The first kappa shape index (κ1) is 23.8. The van der Waals surface area contributed by atoms with Crippen LogP contribution in [0.5, 0.6) is 0 Å². The number of ether oxygens (including phenoxy) is 1. The second-order valence-corrected chi connectivity index (χ2v) is 9.38. The average Bonchev–Trinajstić information content (AvgIpc) is 2.76. The molecule has 34 heavy (non-hydrogen) atoms. The lowest BCUT2D eigenvalue weighted by molar-refractivity contribution is -0.156. The third kappa shape index (κ3) is 5.42. The Bertz CT molecular complexity index is 1210. The van der Waals surface area contributed by atoms with Crippen molar-refractivity contribution >= 4 is 12.0 Å². The van der Waals surface area contributed by atoms with Crippen LogP contribution in [0.4, 0.5) is 4.39 Å². The number of pyridine rings is 1. The second-order valence-electron chi connectivity index (χ2n) is 9.38. The Morgan fingerprint density at radius 2 is 1.74 bits per heavy atom. The Kier molecular flexibility index (Phi) is 6.94. The molecular formula is C29H30FNO3. The van der Waals surface area contributed by atoms with Crippen LogP contribution in [0.25, 0.3) is 28.6 Å². The van der Waals surface area contributed by atoms with Crippen molar-refractivity contribution in [1.82, 2.24) is 4.98 Å². The van der Waals surface area contributed by atoms with Gasteiger partial charge in [-0.1, -0.05) is 37.1 Å². The first-order valence-electron chi connectivity index (χ1n) is 11.6. The second kappa shape index (κ2) is 9.90. The number of hydrogen-bond acceptors (Lipinski definition) is 4. The van der Waals surface area contributed by atoms with Crippen molar-refractivity contribution in [3.63, 3.8) is 0 Å². The monoisotopic (exact) mass is 459 g/mol. The number of halogens is 1. The molecule has 1 aliphatic heterocycles. The zero-order valence-electron chi connectivity index (χ0n) is 20.0. The minimum atomic E-state index is -0.706. The van der Waals surface area contributed by atoms with E-state index in [2.05, 4.69) is 52.0 Å². The van der Waals surface area contributed by atoms with E-state index in [1.165, 1.54) is 12.1 Å². The zero-order chi connectivity index (χ0) is 24.4. The molecule has 1 fully saturated rings. The van der Waals surface area contributed by atoms with Gasteiger partial charge >= 0.3 is 5.97 Å². The summed E-state index contributed by atoms with van der Waals surface area (Å²) in [7, 11) is 0. The van der Waals surface area contributed by atoms with Gasteiger partial charge in [-0.25, -0.2) is 9.37 Å². The molecular weight excluding hydrogens is 429 g/mol. The number of aryl methyl sites for hydroxylation is 2. The van der Waals surface area contributed by atoms with Crippen LogP contribution in [0.15, 0.2) is 54.6 Å². The van der Waals surface area contributed by atoms with Crippen LogP contribution in [0.2, 0.25) is 0 Å². The SMILES string of the molecule is Cc1cc(C)cc(-c2cc(C(C)C)c(/C=C/[C@@H]3C[C@@H](O)CC(=O)O3)c(-c3ccc(F)cc3)n2)c1. The summed E-state index contributed by atoms with van der Waals surface area (Å²) in [5.74, 6) is -0.524. The zero-order valence-corrected chi connectivity index (χ0v) is 20.0. The largest absolute Gasteiger partial charge is 0.458 e. The Balaban J connectivity index is 1.88. The molecule has 0 saturated carbocycles. The normalized spacial score (nSPS) is 18.5. The number of aliphatic hydroxyl groups excluding tert-OH is 1. The first-order chi connectivity index (χ1) is 16.2. The molecule has 2 aromatic carbocycles. The molecule has 1 N–H and O–H groups in total. The Hall–Kier alpha value is -3.31. The van der Waals surface area contributed by atoms with Crippen molar-refractivity contribution in [3.8, 4) is 22.5 Å². The van der Waals surface area contributed by atoms with E-state index in [-0.39, 0.29) is 18.2 Å².